The number of carbonyl (C=O) groups is 2. The Morgan fingerprint density at radius 2 is 1.58 bits per heavy atom. The number of hydrogen-bond acceptors (Lipinski definition) is 3. The Labute approximate surface area is 187 Å². The highest BCUT2D eigenvalue weighted by molar-refractivity contribution is 6.24. The summed E-state index contributed by atoms with van der Waals surface area (Å²) < 4.78 is 5.33. The van der Waals surface area contributed by atoms with E-state index in [4.69, 9.17) is 16.3 Å². The predicted octanol–water partition coefficient (Wildman–Crippen LogP) is 5.46. The van der Waals surface area contributed by atoms with Crippen LogP contribution in [0.2, 0.25) is 0 Å². The smallest absolute Gasteiger partial charge is 0.257 e. The Morgan fingerprint density at radius 1 is 0.935 bits per heavy atom. The predicted molar refractivity (Wildman–Crippen MR) is 122 cm³/mol. The van der Waals surface area contributed by atoms with Crippen LogP contribution in [0.3, 0.4) is 0 Å². The molecular weight excluding hydrogens is 412 g/mol. The quantitative estimate of drug-likeness (QED) is 0.609. The molecule has 2 atom stereocenters. The maximum atomic E-state index is 13.5. The van der Waals surface area contributed by atoms with Crippen molar-refractivity contribution in [1.82, 2.24) is 0 Å². The lowest BCUT2D eigenvalue weighted by Crippen LogP contribution is -2.57. The number of benzene rings is 2. The number of alkyl halides is 1. The Bertz CT molecular complexity index is 1020. The molecule has 0 heterocycles. The van der Waals surface area contributed by atoms with Crippen molar-refractivity contribution in [2.45, 2.75) is 43.4 Å². The molecule has 0 aliphatic heterocycles. The van der Waals surface area contributed by atoms with E-state index in [1.54, 1.807) is 37.4 Å². The molecule has 2 aromatic rings. The first kappa shape index (κ1) is 20.4. The van der Waals surface area contributed by atoms with Crippen molar-refractivity contribution in [2.75, 3.05) is 17.7 Å². The van der Waals surface area contributed by atoms with Gasteiger partial charge in [0.1, 0.15) is 5.75 Å². The molecule has 6 heteroatoms. The van der Waals surface area contributed by atoms with Gasteiger partial charge < -0.3 is 15.4 Å². The molecule has 0 saturated heterocycles. The van der Waals surface area contributed by atoms with Crippen molar-refractivity contribution < 1.29 is 14.3 Å². The third kappa shape index (κ3) is 3.69. The average molecular weight is 439 g/mol. The number of methoxy groups -OCH3 is 1. The molecule has 0 spiro atoms. The zero-order chi connectivity index (χ0) is 21.6. The molecule has 4 fully saturated rings. The van der Waals surface area contributed by atoms with Crippen LogP contribution >= 0.6 is 11.6 Å². The first-order valence-corrected chi connectivity index (χ1v) is 11.3. The van der Waals surface area contributed by atoms with Crippen LogP contribution in [0.25, 0.3) is 0 Å². The summed E-state index contributed by atoms with van der Waals surface area (Å²) in [4.78, 5) is 26.3. The number of amides is 2. The van der Waals surface area contributed by atoms with Crippen molar-refractivity contribution in [3.8, 4) is 5.75 Å². The molecule has 4 bridgehead atoms. The summed E-state index contributed by atoms with van der Waals surface area (Å²) in [6.45, 7) is 0. The molecule has 2 unspecified atom stereocenters. The molecule has 2 amide bonds. The van der Waals surface area contributed by atoms with Gasteiger partial charge in [-0.15, -0.1) is 11.6 Å². The van der Waals surface area contributed by atoms with E-state index in [-0.39, 0.29) is 16.7 Å². The van der Waals surface area contributed by atoms with Gasteiger partial charge in [0.25, 0.3) is 5.91 Å². The van der Waals surface area contributed by atoms with Gasteiger partial charge in [-0.2, -0.15) is 0 Å². The number of carbonyl (C=O) groups excluding carboxylic acids is 2. The number of halogens is 1. The van der Waals surface area contributed by atoms with Gasteiger partial charge in [-0.05, 0) is 74.6 Å². The van der Waals surface area contributed by atoms with Crippen LogP contribution < -0.4 is 15.4 Å². The van der Waals surface area contributed by atoms with Crippen molar-refractivity contribution in [3.63, 3.8) is 0 Å². The van der Waals surface area contributed by atoms with E-state index in [2.05, 4.69) is 10.6 Å². The fraction of sp³-hybridized carbons (Fsp3) is 0.440. The summed E-state index contributed by atoms with van der Waals surface area (Å²) >= 11 is 6.91. The number of nitrogens with one attached hydrogen (secondary N) is 2. The summed E-state index contributed by atoms with van der Waals surface area (Å²) in [5, 5.41) is 5.99. The Balaban J connectivity index is 1.37. The first-order chi connectivity index (χ1) is 14.9. The molecule has 162 valence electrons. The van der Waals surface area contributed by atoms with Gasteiger partial charge >= 0.3 is 0 Å². The summed E-state index contributed by atoms with van der Waals surface area (Å²) in [5.41, 5.74) is 1.12. The maximum Gasteiger partial charge on any atom is 0.257 e. The summed E-state index contributed by atoms with van der Waals surface area (Å²) in [7, 11) is 1.56. The summed E-state index contributed by atoms with van der Waals surface area (Å²) in [5.74, 6) is 1.37. The maximum absolute atomic E-state index is 13.5. The van der Waals surface area contributed by atoms with E-state index in [1.165, 1.54) is 6.42 Å². The second-order valence-corrected chi connectivity index (χ2v) is 10.3. The molecule has 2 aromatic carbocycles. The van der Waals surface area contributed by atoms with Crippen molar-refractivity contribution in [2.24, 2.45) is 17.3 Å². The minimum atomic E-state index is -0.419. The number of para-hydroxylation sites is 3. The monoisotopic (exact) mass is 438 g/mol. The largest absolute Gasteiger partial charge is 0.495 e. The fourth-order valence-electron chi connectivity index (χ4n) is 6.40. The van der Waals surface area contributed by atoms with E-state index in [1.807, 2.05) is 18.2 Å². The lowest BCUT2D eigenvalue weighted by Gasteiger charge is -2.59. The van der Waals surface area contributed by atoms with Gasteiger partial charge in [0.2, 0.25) is 5.91 Å². The topological polar surface area (TPSA) is 67.4 Å². The van der Waals surface area contributed by atoms with Gasteiger partial charge in [-0.3, -0.25) is 9.59 Å². The Hall–Kier alpha value is -2.53. The van der Waals surface area contributed by atoms with E-state index in [9.17, 15) is 9.59 Å². The van der Waals surface area contributed by atoms with Crippen molar-refractivity contribution in [1.29, 1.82) is 0 Å². The van der Waals surface area contributed by atoms with Crippen LogP contribution in [0.4, 0.5) is 11.4 Å². The van der Waals surface area contributed by atoms with Crippen molar-refractivity contribution >= 4 is 34.8 Å². The highest BCUT2D eigenvalue weighted by Crippen LogP contribution is 2.64. The number of rotatable bonds is 5. The minimum Gasteiger partial charge on any atom is -0.495 e. The van der Waals surface area contributed by atoms with Gasteiger partial charge in [-0.25, -0.2) is 0 Å². The SMILES string of the molecule is COc1ccccc1NC(=O)c1ccccc1NC(=O)C12CC3CC(CC(Cl)(C3)C1)C2. The molecule has 4 aliphatic carbocycles. The molecule has 4 saturated carbocycles. The summed E-state index contributed by atoms with van der Waals surface area (Å²) in [6, 6.07) is 14.4. The molecule has 4 aliphatic rings. The molecular formula is C25H27ClN2O3. The zero-order valence-electron chi connectivity index (χ0n) is 17.6. The van der Waals surface area contributed by atoms with Crippen LogP contribution in [-0.2, 0) is 4.79 Å². The molecule has 6 rings (SSSR count). The van der Waals surface area contributed by atoms with E-state index in [0.29, 0.717) is 34.5 Å². The molecule has 31 heavy (non-hydrogen) atoms. The lowest BCUT2D eigenvalue weighted by molar-refractivity contribution is -0.138. The zero-order valence-corrected chi connectivity index (χ0v) is 18.4. The van der Waals surface area contributed by atoms with Gasteiger partial charge in [0.15, 0.2) is 0 Å². The van der Waals surface area contributed by atoms with E-state index in [0.717, 1.165) is 32.1 Å². The summed E-state index contributed by atoms with van der Waals surface area (Å²) in [6.07, 6.45) is 5.78. The second-order valence-electron chi connectivity index (χ2n) is 9.55. The van der Waals surface area contributed by atoms with Gasteiger partial charge in [0, 0.05) is 4.87 Å². The van der Waals surface area contributed by atoms with Gasteiger partial charge in [-0.1, -0.05) is 24.3 Å². The van der Waals surface area contributed by atoms with E-state index < -0.39 is 5.41 Å². The fourth-order valence-corrected chi connectivity index (χ4v) is 7.09. The number of ether oxygens (including phenoxy) is 1. The van der Waals surface area contributed by atoms with Gasteiger partial charge in [0.05, 0.1) is 29.5 Å². The third-order valence-electron chi connectivity index (χ3n) is 7.25. The normalized spacial score (nSPS) is 30.6. The van der Waals surface area contributed by atoms with Crippen LogP contribution in [-0.4, -0.2) is 23.8 Å². The van der Waals surface area contributed by atoms with Crippen LogP contribution in [0.15, 0.2) is 48.5 Å². The minimum absolute atomic E-state index is 0.00386. The Kier molecular flexibility index (Phi) is 4.97. The van der Waals surface area contributed by atoms with Crippen LogP contribution in [0.5, 0.6) is 5.75 Å². The standard InChI is InChI=1S/C25H27ClN2O3/c1-31-21-9-5-4-8-20(21)27-22(29)18-6-2-3-7-19(18)28-23(30)24-11-16-10-17(12-24)14-25(26,13-16)15-24/h2-9,16-17H,10-15H2,1H3,(H,27,29)(H,28,30). The van der Waals surface area contributed by atoms with Crippen LogP contribution in [0.1, 0.15) is 48.9 Å². The van der Waals surface area contributed by atoms with E-state index >= 15 is 0 Å². The third-order valence-corrected chi connectivity index (χ3v) is 7.69. The molecule has 5 nitrogen and oxygen atoms in total. The number of anilines is 2. The Morgan fingerprint density at radius 3 is 2.26 bits per heavy atom. The highest BCUT2D eigenvalue weighted by Gasteiger charge is 2.60. The highest BCUT2D eigenvalue weighted by atomic mass is 35.5. The average Bonchev–Trinajstić information content (AvgIpc) is 2.72. The number of hydrogen-bond donors (Lipinski definition) is 2. The molecule has 2 N–H and O–H groups in total. The molecule has 0 radical (unpaired) electrons. The lowest BCUT2D eigenvalue weighted by atomic mass is 9.49. The van der Waals surface area contributed by atoms with Crippen LogP contribution in [0, 0.1) is 17.3 Å². The first-order valence-electron chi connectivity index (χ1n) is 10.9. The second kappa shape index (κ2) is 7.56. The van der Waals surface area contributed by atoms with Crippen molar-refractivity contribution in [3.05, 3.63) is 54.1 Å². The molecule has 0 aromatic heterocycles.